The van der Waals surface area contributed by atoms with Gasteiger partial charge in [-0.05, 0) is 18.6 Å². The van der Waals surface area contributed by atoms with Crippen LogP contribution < -0.4 is 5.32 Å². The average Bonchev–Trinajstić information content (AvgIpc) is 2.33. The summed E-state index contributed by atoms with van der Waals surface area (Å²) in [7, 11) is 1.69. The first-order chi connectivity index (χ1) is 6.83. The number of hydrogen-bond acceptors (Lipinski definition) is 2. The van der Waals surface area contributed by atoms with Crippen molar-refractivity contribution >= 4 is 13.5 Å². The molecule has 0 radical (unpaired) electrons. The van der Waals surface area contributed by atoms with Crippen LogP contribution in [0.4, 0.5) is 0 Å². The van der Waals surface area contributed by atoms with Gasteiger partial charge < -0.3 is 9.47 Å². The second-order valence-electron chi connectivity index (χ2n) is 2.81. The second-order valence-corrected chi connectivity index (χ2v) is 2.81. The summed E-state index contributed by atoms with van der Waals surface area (Å²) in [5.74, 6) is 0. The van der Waals surface area contributed by atoms with Crippen LogP contribution in [0.5, 0.6) is 0 Å². The molecule has 0 saturated heterocycles. The summed E-state index contributed by atoms with van der Waals surface area (Å²) >= 11 is 0. The number of allylic oxidation sites excluding steroid dienone is 2. The van der Waals surface area contributed by atoms with Gasteiger partial charge in [-0.1, -0.05) is 19.9 Å². The van der Waals surface area contributed by atoms with E-state index in [9.17, 15) is 0 Å². The van der Waals surface area contributed by atoms with Gasteiger partial charge in [0.1, 0.15) is 6.61 Å². The van der Waals surface area contributed by atoms with Gasteiger partial charge in [-0.25, -0.2) is 0 Å². The molecule has 15 heavy (non-hydrogen) atoms. The number of methoxy groups -OCH3 is 1. The zero-order chi connectivity index (χ0) is 10.8. The fourth-order valence-electron chi connectivity index (χ4n) is 0.976. The van der Waals surface area contributed by atoms with Crippen LogP contribution in [0.2, 0.25) is 0 Å². The van der Waals surface area contributed by atoms with Crippen LogP contribution in [0, 0.1) is 0 Å². The molecule has 1 aliphatic heterocycles. The minimum Gasteiger partial charge on any atom is -0.368 e. The maximum Gasteiger partial charge on any atom is 0.217 e. The quantitative estimate of drug-likeness (QED) is 0.739. The number of quaternary nitrogens is 1. The Morgan fingerprint density at radius 2 is 2.13 bits per heavy atom. The first-order valence-electron chi connectivity index (χ1n) is 5.12. The standard InChI is InChI=1S/C9H15NO2.C2H6.H2S/c1-8-3-5-10-9(11-2)7-12-6-4-8;1-2;/h3-5,9-10H,6-7H2,1-2H3;1-2H3;1H2/p+1/b5-3-,8-4-;;. The van der Waals surface area contributed by atoms with E-state index in [-0.39, 0.29) is 19.7 Å². The van der Waals surface area contributed by atoms with Crippen LogP contribution in [-0.2, 0) is 9.47 Å². The van der Waals surface area contributed by atoms with Crippen LogP contribution >= 0.6 is 13.5 Å². The van der Waals surface area contributed by atoms with E-state index in [1.54, 1.807) is 7.11 Å². The van der Waals surface area contributed by atoms with Crippen LogP contribution in [-0.4, -0.2) is 26.6 Å². The lowest BCUT2D eigenvalue weighted by Gasteiger charge is -2.09. The fraction of sp³-hybridized carbons (Fsp3) is 0.636. The zero-order valence-electron chi connectivity index (χ0n) is 10.1. The predicted octanol–water partition coefficient (Wildman–Crippen LogP) is 1.15. The van der Waals surface area contributed by atoms with E-state index in [0.717, 1.165) is 0 Å². The van der Waals surface area contributed by atoms with Crippen molar-refractivity contribution in [3.05, 3.63) is 23.9 Å². The molecule has 0 amide bonds. The summed E-state index contributed by atoms with van der Waals surface area (Å²) in [6.45, 7) is 7.36. The van der Waals surface area contributed by atoms with Gasteiger partial charge in [0.15, 0.2) is 0 Å². The van der Waals surface area contributed by atoms with Gasteiger partial charge in [-0.15, -0.1) is 0 Å². The topological polar surface area (TPSA) is 35.1 Å². The predicted molar refractivity (Wildman–Crippen MR) is 68.2 cm³/mol. The van der Waals surface area contributed by atoms with E-state index in [2.05, 4.69) is 19.1 Å². The molecule has 0 aromatic rings. The molecule has 0 aliphatic carbocycles. The summed E-state index contributed by atoms with van der Waals surface area (Å²) in [5.41, 5.74) is 1.23. The number of nitrogens with two attached hydrogens (primary N) is 1. The van der Waals surface area contributed by atoms with Crippen molar-refractivity contribution in [2.45, 2.75) is 27.0 Å². The van der Waals surface area contributed by atoms with Crippen molar-refractivity contribution in [3.8, 4) is 0 Å². The minimum atomic E-state index is 0. The third kappa shape index (κ3) is 8.69. The Bertz CT molecular complexity index is 193. The van der Waals surface area contributed by atoms with Gasteiger partial charge in [0.2, 0.25) is 6.23 Å². The maximum absolute atomic E-state index is 5.36. The summed E-state index contributed by atoms with van der Waals surface area (Å²) in [5, 5.41) is 2.00. The van der Waals surface area contributed by atoms with Crippen molar-refractivity contribution < 1.29 is 14.8 Å². The first kappa shape index (κ1) is 17.1. The normalized spacial score (nSPS) is 26.4. The molecule has 0 spiro atoms. The van der Waals surface area contributed by atoms with Gasteiger partial charge >= 0.3 is 0 Å². The molecule has 0 saturated carbocycles. The largest absolute Gasteiger partial charge is 0.368 e. The Labute approximate surface area is 100.0 Å². The summed E-state index contributed by atoms with van der Waals surface area (Å²) in [6, 6.07) is 0. The SMILES string of the molecule is CC.COC1COC/C=C(C)\C=C/[NH2+]1.S. The Kier molecular flexibility index (Phi) is 13.4. The fourth-order valence-corrected chi connectivity index (χ4v) is 0.976. The maximum atomic E-state index is 5.36. The Hall–Kier alpha value is -0.290. The highest BCUT2D eigenvalue weighted by Crippen LogP contribution is 1.95. The molecule has 0 aromatic heterocycles. The molecule has 3 nitrogen and oxygen atoms in total. The number of ether oxygens (including phenoxy) is 2. The highest BCUT2D eigenvalue weighted by atomic mass is 32.1. The molecular weight excluding hydrogens is 210 g/mol. The van der Waals surface area contributed by atoms with Crippen molar-refractivity contribution in [2.75, 3.05) is 20.3 Å². The summed E-state index contributed by atoms with van der Waals surface area (Å²) in [4.78, 5) is 0. The van der Waals surface area contributed by atoms with Crippen molar-refractivity contribution in [3.63, 3.8) is 0 Å². The monoisotopic (exact) mass is 234 g/mol. The molecule has 90 valence electrons. The van der Waals surface area contributed by atoms with E-state index >= 15 is 0 Å². The van der Waals surface area contributed by atoms with Crippen LogP contribution in [0.15, 0.2) is 23.9 Å². The third-order valence-corrected chi connectivity index (χ3v) is 1.79. The lowest BCUT2D eigenvalue weighted by atomic mass is 10.3. The molecule has 0 bridgehead atoms. The molecule has 1 aliphatic rings. The summed E-state index contributed by atoms with van der Waals surface area (Å²) in [6.07, 6.45) is 6.21. The Balaban J connectivity index is 0. The first-order valence-corrected chi connectivity index (χ1v) is 5.12. The van der Waals surface area contributed by atoms with Crippen molar-refractivity contribution in [1.29, 1.82) is 0 Å². The molecule has 0 fully saturated rings. The van der Waals surface area contributed by atoms with Gasteiger partial charge in [-0.3, -0.25) is 5.32 Å². The van der Waals surface area contributed by atoms with E-state index in [4.69, 9.17) is 9.47 Å². The average molecular weight is 234 g/mol. The molecule has 1 heterocycles. The molecule has 2 N–H and O–H groups in total. The highest BCUT2D eigenvalue weighted by Gasteiger charge is 2.08. The van der Waals surface area contributed by atoms with Gasteiger partial charge in [0.25, 0.3) is 0 Å². The van der Waals surface area contributed by atoms with Crippen LogP contribution in [0.25, 0.3) is 0 Å². The lowest BCUT2D eigenvalue weighted by Crippen LogP contribution is -2.86. The van der Waals surface area contributed by atoms with E-state index in [1.165, 1.54) is 5.57 Å². The number of hydrogen-bond donors (Lipinski definition) is 1. The zero-order valence-corrected chi connectivity index (χ0v) is 11.1. The Morgan fingerprint density at radius 3 is 2.73 bits per heavy atom. The van der Waals surface area contributed by atoms with Crippen LogP contribution in [0.3, 0.4) is 0 Å². The highest BCUT2D eigenvalue weighted by molar-refractivity contribution is 7.59. The van der Waals surface area contributed by atoms with E-state index in [1.807, 2.05) is 25.4 Å². The van der Waals surface area contributed by atoms with E-state index in [0.29, 0.717) is 13.2 Å². The van der Waals surface area contributed by atoms with Gasteiger partial charge in [0, 0.05) is 7.11 Å². The molecule has 1 unspecified atom stereocenters. The van der Waals surface area contributed by atoms with Crippen molar-refractivity contribution in [2.24, 2.45) is 0 Å². The van der Waals surface area contributed by atoms with Gasteiger partial charge in [0.05, 0.1) is 12.8 Å². The molecule has 1 rings (SSSR count). The van der Waals surface area contributed by atoms with Gasteiger partial charge in [-0.2, -0.15) is 13.5 Å². The Morgan fingerprint density at radius 1 is 1.47 bits per heavy atom. The van der Waals surface area contributed by atoms with Crippen LogP contribution in [0.1, 0.15) is 20.8 Å². The lowest BCUT2D eigenvalue weighted by molar-refractivity contribution is -0.671. The minimum absolute atomic E-state index is 0. The number of rotatable bonds is 1. The second kappa shape index (κ2) is 11.8. The van der Waals surface area contributed by atoms with E-state index < -0.39 is 0 Å². The smallest absolute Gasteiger partial charge is 0.217 e. The molecule has 1 atom stereocenters. The van der Waals surface area contributed by atoms with Crippen molar-refractivity contribution in [1.82, 2.24) is 0 Å². The summed E-state index contributed by atoms with van der Waals surface area (Å²) < 4.78 is 10.5. The molecule has 4 heteroatoms. The molecular formula is C11H24NO2S+. The third-order valence-electron chi connectivity index (χ3n) is 1.79. The molecule has 0 aromatic carbocycles.